The minimum atomic E-state index is -0.00645. The molecule has 0 spiro atoms. The molecule has 1 aromatic rings. The molecule has 3 aliphatic heterocycles. The van der Waals surface area contributed by atoms with Crippen molar-refractivity contribution in [2.45, 2.75) is 51.5 Å². The number of nitrogens with one attached hydrogen (secondary N) is 1. The molecule has 1 atom stereocenters. The smallest absolute Gasteiger partial charge is 0.321 e. The summed E-state index contributed by atoms with van der Waals surface area (Å²) in [5.41, 5.74) is 2.04. The lowest BCUT2D eigenvalue weighted by Crippen LogP contribution is -2.52. The lowest BCUT2D eigenvalue weighted by atomic mass is 9.93. The van der Waals surface area contributed by atoms with E-state index in [2.05, 4.69) is 15.1 Å². The molecule has 1 aromatic carbocycles. The van der Waals surface area contributed by atoms with E-state index in [4.69, 9.17) is 0 Å². The molecule has 3 saturated heterocycles. The summed E-state index contributed by atoms with van der Waals surface area (Å²) in [6.07, 6.45) is 6.44. The number of rotatable bonds is 3. The quantitative estimate of drug-likeness (QED) is 0.850. The summed E-state index contributed by atoms with van der Waals surface area (Å²) in [6, 6.07) is 8.41. The Hall–Kier alpha value is -2.08. The molecule has 0 radical (unpaired) electrons. The fourth-order valence-electron chi connectivity index (χ4n) is 5.01. The van der Waals surface area contributed by atoms with Gasteiger partial charge in [0.25, 0.3) is 0 Å². The van der Waals surface area contributed by atoms with Gasteiger partial charge < -0.3 is 15.1 Å². The highest BCUT2D eigenvalue weighted by Crippen LogP contribution is 2.26. The minimum absolute atomic E-state index is 0.00645. The molecular weight excluding hydrogens is 364 g/mol. The molecule has 158 valence electrons. The monoisotopic (exact) mass is 398 g/mol. The molecule has 0 aliphatic carbocycles. The molecule has 0 aromatic heterocycles. The first-order valence-corrected chi connectivity index (χ1v) is 11.3. The molecule has 29 heavy (non-hydrogen) atoms. The van der Waals surface area contributed by atoms with E-state index in [1.54, 1.807) is 0 Å². The number of carbonyl (C=O) groups is 2. The molecule has 3 fully saturated rings. The van der Waals surface area contributed by atoms with Gasteiger partial charge in [0.2, 0.25) is 5.91 Å². The summed E-state index contributed by atoms with van der Waals surface area (Å²) in [7, 11) is 0. The number of anilines is 1. The van der Waals surface area contributed by atoms with Gasteiger partial charge in [0.1, 0.15) is 0 Å². The number of amides is 3. The average molecular weight is 399 g/mol. The molecule has 1 unspecified atom stereocenters. The van der Waals surface area contributed by atoms with Crippen LogP contribution in [0.25, 0.3) is 0 Å². The van der Waals surface area contributed by atoms with E-state index in [1.165, 1.54) is 5.56 Å². The van der Waals surface area contributed by atoms with Gasteiger partial charge in [-0.15, -0.1) is 0 Å². The molecule has 3 heterocycles. The average Bonchev–Trinajstić information content (AvgIpc) is 3.30. The van der Waals surface area contributed by atoms with E-state index >= 15 is 0 Å². The first-order valence-electron chi connectivity index (χ1n) is 11.3. The lowest BCUT2D eigenvalue weighted by molar-refractivity contribution is -0.136. The van der Waals surface area contributed by atoms with Crippen molar-refractivity contribution in [2.75, 3.05) is 44.6 Å². The van der Waals surface area contributed by atoms with Crippen LogP contribution in [0.15, 0.2) is 24.3 Å². The highest BCUT2D eigenvalue weighted by molar-refractivity contribution is 5.89. The Labute approximate surface area is 174 Å². The van der Waals surface area contributed by atoms with Crippen LogP contribution in [0.4, 0.5) is 10.5 Å². The number of carbonyl (C=O) groups excluding carboxylic acids is 2. The molecule has 6 heteroatoms. The first kappa shape index (κ1) is 20.2. The normalized spacial score (nSPS) is 24.0. The third-order valence-electron chi connectivity index (χ3n) is 6.79. The summed E-state index contributed by atoms with van der Waals surface area (Å²) in [5.74, 6) is 0.548. The molecular formula is C23H34N4O2. The van der Waals surface area contributed by atoms with Gasteiger partial charge >= 0.3 is 6.03 Å². The van der Waals surface area contributed by atoms with Gasteiger partial charge in [-0.1, -0.05) is 17.7 Å². The Morgan fingerprint density at radius 2 is 1.55 bits per heavy atom. The maximum Gasteiger partial charge on any atom is 0.321 e. The fraction of sp³-hybridized carbons (Fsp3) is 0.652. The van der Waals surface area contributed by atoms with E-state index in [9.17, 15) is 9.59 Å². The van der Waals surface area contributed by atoms with E-state index in [-0.39, 0.29) is 11.9 Å². The molecule has 3 aliphatic rings. The lowest BCUT2D eigenvalue weighted by Gasteiger charge is -2.42. The molecule has 6 nitrogen and oxygen atoms in total. The second-order valence-electron chi connectivity index (χ2n) is 8.88. The van der Waals surface area contributed by atoms with Crippen LogP contribution in [-0.4, -0.2) is 71.9 Å². The fourth-order valence-corrected chi connectivity index (χ4v) is 5.01. The van der Waals surface area contributed by atoms with Gasteiger partial charge in [0.05, 0.1) is 5.92 Å². The van der Waals surface area contributed by atoms with Crippen molar-refractivity contribution in [1.82, 2.24) is 14.7 Å². The summed E-state index contributed by atoms with van der Waals surface area (Å²) < 4.78 is 0. The molecule has 0 bridgehead atoms. The maximum atomic E-state index is 12.8. The van der Waals surface area contributed by atoms with Crippen molar-refractivity contribution >= 4 is 17.6 Å². The number of hydrogen-bond acceptors (Lipinski definition) is 3. The number of aryl methyl sites for hydroxylation is 1. The number of likely N-dealkylation sites (tertiary alicyclic amines) is 3. The van der Waals surface area contributed by atoms with Crippen molar-refractivity contribution in [3.8, 4) is 0 Å². The largest absolute Gasteiger partial charge is 0.342 e. The zero-order valence-corrected chi connectivity index (χ0v) is 17.6. The summed E-state index contributed by atoms with van der Waals surface area (Å²) in [5, 5.41) is 3.01. The number of benzene rings is 1. The van der Waals surface area contributed by atoms with Crippen molar-refractivity contribution in [2.24, 2.45) is 5.92 Å². The van der Waals surface area contributed by atoms with Gasteiger partial charge in [0.15, 0.2) is 0 Å². The Morgan fingerprint density at radius 3 is 2.24 bits per heavy atom. The predicted octanol–water partition coefficient (Wildman–Crippen LogP) is 3.33. The van der Waals surface area contributed by atoms with Crippen LogP contribution < -0.4 is 5.32 Å². The van der Waals surface area contributed by atoms with Gasteiger partial charge in [0, 0.05) is 44.5 Å². The molecule has 4 rings (SSSR count). The van der Waals surface area contributed by atoms with Gasteiger partial charge in [-0.25, -0.2) is 4.79 Å². The van der Waals surface area contributed by atoms with Crippen LogP contribution in [0.5, 0.6) is 0 Å². The van der Waals surface area contributed by atoms with Crippen molar-refractivity contribution in [3.05, 3.63) is 29.8 Å². The van der Waals surface area contributed by atoms with E-state index in [0.717, 1.165) is 83.5 Å². The topological polar surface area (TPSA) is 55.9 Å². The molecule has 0 saturated carbocycles. The third-order valence-corrected chi connectivity index (χ3v) is 6.79. The Balaban J connectivity index is 1.26. The van der Waals surface area contributed by atoms with Gasteiger partial charge in [-0.2, -0.15) is 0 Å². The number of urea groups is 1. The van der Waals surface area contributed by atoms with Crippen molar-refractivity contribution in [1.29, 1.82) is 0 Å². The highest BCUT2D eigenvalue weighted by atomic mass is 16.2. The van der Waals surface area contributed by atoms with Crippen LogP contribution in [0, 0.1) is 12.8 Å². The van der Waals surface area contributed by atoms with Crippen molar-refractivity contribution in [3.63, 3.8) is 0 Å². The van der Waals surface area contributed by atoms with Crippen LogP contribution in [0.2, 0.25) is 0 Å². The highest BCUT2D eigenvalue weighted by Gasteiger charge is 2.34. The van der Waals surface area contributed by atoms with Gasteiger partial charge in [-0.3, -0.25) is 9.69 Å². The van der Waals surface area contributed by atoms with E-state index in [1.807, 2.05) is 36.1 Å². The summed E-state index contributed by atoms with van der Waals surface area (Å²) >= 11 is 0. The first-order chi connectivity index (χ1) is 14.1. The zero-order valence-electron chi connectivity index (χ0n) is 17.6. The summed E-state index contributed by atoms with van der Waals surface area (Å²) in [6.45, 7) is 7.49. The standard InChI is InChI=1S/C23H34N4O2/c1-18-6-8-20(9-7-18)24-23(29)26-15-10-21(11-16-26)27-14-4-5-19(17-27)22(28)25-12-2-3-13-25/h6-9,19,21H,2-5,10-17H2,1H3,(H,24,29). The zero-order chi connectivity index (χ0) is 20.2. The van der Waals surface area contributed by atoms with E-state index < -0.39 is 0 Å². The number of hydrogen-bond donors (Lipinski definition) is 1. The predicted molar refractivity (Wildman–Crippen MR) is 115 cm³/mol. The van der Waals surface area contributed by atoms with Crippen molar-refractivity contribution < 1.29 is 9.59 Å². The molecule has 3 amide bonds. The summed E-state index contributed by atoms with van der Waals surface area (Å²) in [4.78, 5) is 31.9. The van der Waals surface area contributed by atoms with Crippen LogP contribution in [-0.2, 0) is 4.79 Å². The Bertz CT molecular complexity index is 706. The maximum absolute atomic E-state index is 12.8. The number of nitrogens with zero attached hydrogens (tertiary/aromatic N) is 3. The van der Waals surface area contributed by atoms with Crippen LogP contribution >= 0.6 is 0 Å². The number of piperidine rings is 2. The third kappa shape index (κ3) is 4.92. The van der Waals surface area contributed by atoms with E-state index in [0.29, 0.717) is 11.9 Å². The second-order valence-corrected chi connectivity index (χ2v) is 8.88. The Morgan fingerprint density at radius 1 is 0.862 bits per heavy atom. The van der Waals surface area contributed by atoms with Crippen LogP contribution in [0.3, 0.4) is 0 Å². The minimum Gasteiger partial charge on any atom is -0.342 e. The van der Waals surface area contributed by atoms with Crippen LogP contribution in [0.1, 0.15) is 44.1 Å². The van der Waals surface area contributed by atoms with Gasteiger partial charge in [-0.05, 0) is 64.1 Å². The second kappa shape index (κ2) is 9.16. The Kier molecular flexibility index (Phi) is 6.38. The SMILES string of the molecule is Cc1ccc(NC(=O)N2CCC(N3CCCC(C(=O)N4CCCC4)C3)CC2)cc1. The molecule has 1 N–H and O–H groups in total.